The van der Waals surface area contributed by atoms with Crippen molar-refractivity contribution in [1.29, 1.82) is 0 Å². The van der Waals surface area contributed by atoms with Gasteiger partial charge in [-0.1, -0.05) is 18.6 Å². The van der Waals surface area contributed by atoms with E-state index in [2.05, 4.69) is 10.6 Å². The van der Waals surface area contributed by atoms with Crippen LogP contribution in [0.25, 0.3) is 0 Å². The van der Waals surface area contributed by atoms with Gasteiger partial charge < -0.3 is 10.6 Å². The minimum Gasteiger partial charge on any atom is -0.353 e. The normalized spacial score (nSPS) is 17.2. The van der Waals surface area contributed by atoms with Crippen LogP contribution in [0.1, 0.15) is 48.0 Å². The molecule has 0 spiro atoms. The van der Waals surface area contributed by atoms with Gasteiger partial charge in [-0.2, -0.15) is 4.31 Å². The van der Waals surface area contributed by atoms with Crippen molar-refractivity contribution < 1.29 is 18.0 Å². The van der Waals surface area contributed by atoms with Gasteiger partial charge in [-0.3, -0.25) is 9.59 Å². The van der Waals surface area contributed by atoms with Crippen LogP contribution < -0.4 is 10.6 Å². The zero-order chi connectivity index (χ0) is 21.8. The van der Waals surface area contributed by atoms with Crippen molar-refractivity contribution in [3.8, 4) is 0 Å². The molecule has 0 radical (unpaired) electrons. The Morgan fingerprint density at radius 2 is 1.55 bits per heavy atom. The first-order valence-corrected chi connectivity index (χ1v) is 12.2. The third-order valence-electron chi connectivity index (χ3n) is 5.59. The number of sulfonamides is 1. The van der Waals surface area contributed by atoms with Crippen molar-refractivity contribution >= 4 is 27.5 Å². The molecule has 2 amide bonds. The maximum Gasteiger partial charge on any atom is 0.255 e. The van der Waals surface area contributed by atoms with Gasteiger partial charge in [0.15, 0.2) is 0 Å². The van der Waals surface area contributed by atoms with E-state index < -0.39 is 10.0 Å². The average molecular weight is 442 g/mol. The zero-order valence-electron chi connectivity index (χ0n) is 17.3. The Morgan fingerprint density at radius 1 is 0.903 bits per heavy atom. The molecule has 164 valence electrons. The van der Waals surface area contributed by atoms with Crippen LogP contribution in [0, 0.1) is 0 Å². The molecule has 8 heteroatoms. The Hall–Kier alpha value is -2.71. The van der Waals surface area contributed by atoms with Crippen LogP contribution in [0.2, 0.25) is 0 Å². The lowest BCUT2D eigenvalue weighted by molar-refractivity contribution is -0.120. The number of carbonyl (C=O) groups excluding carboxylic acids is 2. The molecular weight excluding hydrogens is 414 g/mol. The summed E-state index contributed by atoms with van der Waals surface area (Å²) in [5.41, 5.74) is 1.87. The Morgan fingerprint density at radius 3 is 2.16 bits per heavy atom. The van der Waals surface area contributed by atoms with Gasteiger partial charge in [0.1, 0.15) is 0 Å². The molecule has 7 nitrogen and oxygen atoms in total. The molecule has 2 N–H and O–H groups in total. The Kier molecular flexibility index (Phi) is 6.38. The fourth-order valence-electron chi connectivity index (χ4n) is 3.63. The van der Waals surface area contributed by atoms with Crippen LogP contribution >= 0.6 is 0 Å². The molecule has 1 aliphatic heterocycles. The van der Waals surface area contributed by atoms with Crippen molar-refractivity contribution in [1.82, 2.24) is 9.62 Å². The quantitative estimate of drug-likeness (QED) is 0.691. The summed E-state index contributed by atoms with van der Waals surface area (Å²) in [7, 11) is -3.51. The molecule has 1 saturated heterocycles. The number of nitrogens with one attached hydrogen (secondary N) is 2. The summed E-state index contributed by atoms with van der Waals surface area (Å²) < 4.78 is 27.0. The van der Waals surface area contributed by atoms with Gasteiger partial charge in [-0.25, -0.2) is 8.42 Å². The second-order valence-corrected chi connectivity index (χ2v) is 10.1. The van der Waals surface area contributed by atoms with E-state index >= 15 is 0 Å². The second-order valence-electron chi connectivity index (χ2n) is 8.16. The number of carbonyl (C=O) groups is 2. The fourth-order valence-corrected chi connectivity index (χ4v) is 5.15. The summed E-state index contributed by atoms with van der Waals surface area (Å²) in [6.45, 7) is 1.09. The largest absolute Gasteiger partial charge is 0.353 e. The first-order chi connectivity index (χ1) is 14.9. The molecule has 1 aliphatic carbocycles. The summed E-state index contributed by atoms with van der Waals surface area (Å²) in [5.74, 6) is -0.306. The van der Waals surface area contributed by atoms with Gasteiger partial charge in [0.2, 0.25) is 15.9 Å². The lowest BCUT2D eigenvalue weighted by Gasteiger charge is -2.25. The predicted octanol–water partition coefficient (Wildman–Crippen LogP) is 2.93. The van der Waals surface area contributed by atoms with Crippen LogP contribution in [-0.2, 0) is 21.2 Å². The van der Waals surface area contributed by atoms with E-state index in [1.54, 1.807) is 12.1 Å². The predicted molar refractivity (Wildman–Crippen MR) is 118 cm³/mol. The maximum atomic E-state index is 12.7. The smallest absolute Gasteiger partial charge is 0.255 e. The first kappa shape index (κ1) is 21.5. The SMILES string of the molecule is O=C(Cc1ccc(NC(=O)c2ccc(S(=O)(=O)N3CCCCC3)cc2)cc1)NC1CC1. The van der Waals surface area contributed by atoms with Crippen molar-refractivity contribution in [2.45, 2.75) is 49.5 Å². The molecule has 4 rings (SSSR count). The first-order valence-electron chi connectivity index (χ1n) is 10.7. The van der Waals surface area contributed by atoms with Gasteiger partial charge in [-0.05, 0) is 67.6 Å². The highest BCUT2D eigenvalue weighted by atomic mass is 32.2. The van der Waals surface area contributed by atoms with E-state index in [4.69, 9.17) is 0 Å². The zero-order valence-corrected chi connectivity index (χ0v) is 18.2. The van der Waals surface area contributed by atoms with Gasteiger partial charge in [0.05, 0.1) is 11.3 Å². The fraction of sp³-hybridized carbons (Fsp3) is 0.391. The molecule has 2 fully saturated rings. The number of piperidine rings is 1. The highest BCUT2D eigenvalue weighted by Gasteiger charge is 2.26. The average Bonchev–Trinajstić information content (AvgIpc) is 3.59. The van der Waals surface area contributed by atoms with Gasteiger partial charge in [0, 0.05) is 30.4 Å². The van der Waals surface area contributed by atoms with E-state index in [-0.39, 0.29) is 16.7 Å². The summed E-state index contributed by atoms with van der Waals surface area (Å²) in [5, 5.41) is 5.76. The number of rotatable bonds is 7. The van der Waals surface area contributed by atoms with Gasteiger partial charge in [-0.15, -0.1) is 0 Å². The molecule has 1 heterocycles. The van der Waals surface area contributed by atoms with Crippen molar-refractivity contribution in [3.05, 3.63) is 59.7 Å². The Bertz CT molecular complexity index is 1040. The highest BCUT2D eigenvalue weighted by Crippen LogP contribution is 2.22. The van der Waals surface area contributed by atoms with Crippen molar-refractivity contribution in [2.75, 3.05) is 18.4 Å². The number of hydrogen-bond acceptors (Lipinski definition) is 4. The van der Waals surface area contributed by atoms with Crippen LogP contribution in [0.3, 0.4) is 0 Å². The Labute approximate surface area is 182 Å². The monoisotopic (exact) mass is 441 g/mol. The number of anilines is 1. The highest BCUT2D eigenvalue weighted by molar-refractivity contribution is 7.89. The second kappa shape index (κ2) is 9.20. The van der Waals surface area contributed by atoms with E-state index in [0.29, 0.717) is 36.8 Å². The summed E-state index contributed by atoms with van der Waals surface area (Å²) >= 11 is 0. The Balaban J connectivity index is 1.35. The van der Waals surface area contributed by atoms with Crippen LogP contribution in [0.15, 0.2) is 53.4 Å². The molecule has 31 heavy (non-hydrogen) atoms. The molecular formula is C23H27N3O4S. The minimum atomic E-state index is -3.51. The summed E-state index contributed by atoms with van der Waals surface area (Å²) in [4.78, 5) is 24.6. The topological polar surface area (TPSA) is 95.6 Å². The van der Waals surface area contributed by atoms with Gasteiger partial charge >= 0.3 is 0 Å². The third-order valence-corrected chi connectivity index (χ3v) is 7.50. The summed E-state index contributed by atoms with van der Waals surface area (Å²) in [6, 6.07) is 13.5. The van der Waals surface area contributed by atoms with Crippen LogP contribution in [0.5, 0.6) is 0 Å². The molecule has 0 aromatic heterocycles. The van der Waals surface area contributed by atoms with E-state index in [9.17, 15) is 18.0 Å². The molecule has 0 bridgehead atoms. The number of benzene rings is 2. The summed E-state index contributed by atoms with van der Waals surface area (Å²) in [6.07, 6.45) is 5.24. The lowest BCUT2D eigenvalue weighted by Crippen LogP contribution is -2.35. The third kappa shape index (κ3) is 5.51. The van der Waals surface area contributed by atoms with Crippen molar-refractivity contribution in [3.63, 3.8) is 0 Å². The van der Waals surface area contributed by atoms with E-state index in [1.165, 1.54) is 28.6 Å². The number of nitrogens with zero attached hydrogens (tertiary/aromatic N) is 1. The maximum absolute atomic E-state index is 12.7. The molecule has 1 saturated carbocycles. The van der Waals surface area contributed by atoms with Gasteiger partial charge in [0.25, 0.3) is 5.91 Å². The van der Waals surface area contributed by atoms with E-state index in [1.807, 2.05) is 12.1 Å². The number of hydrogen-bond donors (Lipinski definition) is 2. The lowest BCUT2D eigenvalue weighted by atomic mass is 10.1. The van der Waals surface area contributed by atoms with Crippen LogP contribution in [-0.4, -0.2) is 43.7 Å². The molecule has 2 aromatic carbocycles. The van der Waals surface area contributed by atoms with E-state index in [0.717, 1.165) is 37.7 Å². The van der Waals surface area contributed by atoms with Crippen LogP contribution in [0.4, 0.5) is 5.69 Å². The number of amides is 2. The molecule has 2 aromatic rings. The molecule has 0 unspecified atom stereocenters. The minimum absolute atomic E-state index is 0.0129. The molecule has 0 atom stereocenters. The molecule has 2 aliphatic rings. The van der Waals surface area contributed by atoms with Crippen molar-refractivity contribution in [2.24, 2.45) is 0 Å². The standard InChI is InChI=1S/C23H27N3O4S/c27-22(24-19-10-11-19)16-17-4-8-20(9-5-17)25-23(28)18-6-12-21(13-7-18)31(29,30)26-14-2-1-3-15-26/h4-9,12-13,19H,1-3,10-11,14-16H2,(H,24,27)(H,25,28).